The molecular weight excluding hydrogens is 272 g/mol. The number of aliphatic hydroxyl groups is 1. The second-order valence-electron chi connectivity index (χ2n) is 4.47. The van der Waals surface area contributed by atoms with Crippen molar-refractivity contribution in [2.75, 3.05) is 25.2 Å². The van der Waals surface area contributed by atoms with E-state index in [1.54, 1.807) is 30.2 Å². The van der Waals surface area contributed by atoms with E-state index >= 15 is 0 Å². The number of nitrogens with one attached hydrogen (secondary N) is 1. The highest BCUT2D eigenvalue weighted by Gasteiger charge is 2.11. The summed E-state index contributed by atoms with van der Waals surface area (Å²) in [6.07, 6.45) is 5.60. The van der Waals surface area contributed by atoms with E-state index in [0.717, 1.165) is 5.75 Å². The van der Waals surface area contributed by atoms with Crippen molar-refractivity contribution >= 4 is 17.7 Å². The number of carbonyl (C=O) groups excluding carboxylic acids is 1. The second-order valence-corrected chi connectivity index (χ2v) is 5.38. The van der Waals surface area contributed by atoms with E-state index in [1.807, 2.05) is 0 Å². The molecule has 0 spiro atoms. The molecule has 5 heteroatoms. The van der Waals surface area contributed by atoms with Gasteiger partial charge in [0.25, 0.3) is 5.91 Å². The van der Waals surface area contributed by atoms with E-state index < -0.39 is 0 Å². The molecule has 0 bridgehead atoms. The van der Waals surface area contributed by atoms with E-state index in [0.29, 0.717) is 30.0 Å². The number of amides is 1. The summed E-state index contributed by atoms with van der Waals surface area (Å²) in [5, 5.41) is 11.6. The normalized spacial score (nSPS) is 11.3. The first-order valence-electron chi connectivity index (χ1n) is 6.50. The van der Waals surface area contributed by atoms with Gasteiger partial charge in [0.05, 0.1) is 17.7 Å². The van der Waals surface area contributed by atoms with E-state index in [4.69, 9.17) is 5.11 Å². The van der Waals surface area contributed by atoms with Crippen molar-refractivity contribution in [3.8, 4) is 11.8 Å². The predicted molar refractivity (Wildman–Crippen MR) is 82.7 cm³/mol. The minimum absolute atomic E-state index is 0.0149. The maximum absolute atomic E-state index is 12.1. The molecule has 4 nitrogen and oxygen atoms in total. The van der Waals surface area contributed by atoms with Gasteiger partial charge in [-0.05, 0) is 24.0 Å². The molecule has 0 aliphatic heterocycles. The lowest BCUT2D eigenvalue weighted by Crippen LogP contribution is -2.29. The van der Waals surface area contributed by atoms with Gasteiger partial charge in [-0.15, -0.1) is 0 Å². The Hall–Kier alpha value is -1.51. The van der Waals surface area contributed by atoms with Crippen molar-refractivity contribution < 1.29 is 9.90 Å². The number of carbonyl (C=O) groups is 1. The molecule has 1 atom stereocenters. The maximum atomic E-state index is 12.1. The molecule has 0 aromatic carbocycles. The molecule has 0 aliphatic rings. The fourth-order valence-corrected chi connectivity index (χ4v) is 2.30. The highest BCUT2D eigenvalue weighted by molar-refractivity contribution is 7.98. The summed E-state index contributed by atoms with van der Waals surface area (Å²) < 4.78 is 0. The summed E-state index contributed by atoms with van der Waals surface area (Å²) in [5.41, 5.74) is 1.12. The number of rotatable bonds is 6. The molecule has 0 saturated carbocycles. The van der Waals surface area contributed by atoms with Crippen LogP contribution in [0.2, 0.25) is 0 Å². The molecule has 20 heavy (non-hydrogen) atoms. The monoisotopic (exact) mass is 292 g/mol. The summed E-state index contributed by atoms with van der Waals surface area (Å²) in [7, 11) is 0. The van der Waals surface area contributed by atoms with Crippen molar-refractivity contribution in [2.24, 2.45) is 5.92 Å². The van der Waals surface area contributed by atoms with Gasteiger partial charge in [0.2, 0.25) is 0 Å². The van der Waals surface area contributed by atoms with E-state index in [2.05, 4.69) is 35.3 Å². The fourth-order valence-electron chi connectivity index (χ4n) is 1.61. The topological polar surface area (TPSA) is 62.2 Å². The molecular formula is C15H20N2O2S. The highest BCUT2D eigenvalue weighted by atomic mass is 32.2. The lowest BCUT2D eigenvalue weighted by Gasteiger charge is -2.11. The summed E-state index contributed by atoms with van der Waals surface area (Å²) >= 11 is 1.77. The number of thioether (sulfide) groups is 1. The second kappa shape index (κ2) is 9.40. The van der Waals surface area contributed by atoms with Crippen LogP contribution in [0.1, 0.15) is 29.3 Å². The third-order valence-corrected chi connectivity index (χ3v) is 3.49. The van der Waals surface area contributed by atoms with Crippen LogP contribution in [0.25, 0.3) is 0 Å². The largest absolute Gasteiger partial charge is 0.395 e. The Bertz CT molecular complexity index is 494. The molecule has 1 aromatic heterocycles. The van der Waals surface area contributed by atoms with Crippen LogP contribution >= 0.6 is 11.8 Å². The number of hydrogen-bond acceptors (Lipinski definition) is 4. The van der Waals surface area contributed by atoms with Crippen molar-refractivity contribution in [1.82, 2.24) is 10.3 Å². The maximum Gasteiger partial charge on any atom is 0.252 e. The fraction of sp³-hybridized carbons (Fsp3) is 0.467. The van der Waals surface area contributed by atoms with E-state index in [-0.39, 0.29) is 12.5 Å². The molecule has 1 aromatic rings. The Kier molecular flexibility index (Phi) is 7.78. The van der Waals surface area contributed by atoms with Gasteiger partial charge in [0, 0.05) is 25.4 Å². The van der Waals surface area contributed by atoms with Crippen LogP contribution in [0, 0.1) is 17.8 Å². The minimum Gasteiger partial charge on any atom is -0.395 e. The highest BCUT2D eigenvalue weighted by Crippen LogP contribution is 2.07. The minimum atomic E-state index is -0.131. The van der Waals surface area contributed by atoms with Crippen molar-refractivity contribution in [3.05, 3.63) is 29.6 Å². The molecule has 1 amide bonds. The number of hydrogen-bond donors (Lipinski definition) is 2. The van der Waals surface area contributed by atoms with Crippen molar-refractivity contribution in [1.29, 1.82) is 0 Å². The Morgan fingerprint density at radius 1 is 1.60 bits per heavy atom. The van der Waals surface area contributed by atoms with Gasteiger partial charge < -0.3 is 10.4 Å². The first-order valence-corrected chi connectivity index (χ1v) is 7.89. The number of nitrogens with zero attached hydrogens (tertiary/aromatic N) is 1. The zero-order valence-corrected chi connectivity index (χ0v) is 12.7. The van der Waals surface area contributed by atoms with Crippen molar-refractivity contribution in [3.63, 3.8) is 0 Å². The van der Waals surface area contributed by atoms with Crippen LogP contribution in [0.3, 0.4) is 0 Å². The Morgan fingerprint density at radius 3 is 3.10 bits per heavy atom. The smallest absolute Gasteiger partial charge is 0.252 e. The van der Waals surface area contributed by atoms with Gasteiger partial charge in [-0.25, -0.2) is 0 Å². The Labute approximate surface area is 124 Å². The lowest BCUT2D eigenvalue weighted by molar-refractivity contribution is 0.0949. The van der Waals surface area contributed by atoms with Crippen LogP contribution in [-0.4, -0.2) is 41.2 Å². The third-order valence-electron chi connectivity index (χ3n) is 2.59. The zero-order valence-electron chi connectivity index (χ0n) is 11.8. The Morgan fingerprint density at radius 2 is 2.40 bits per heavy atom. The van der Waals surface area contributed by atoms with Gasteiger partial charge in [-0.1, -0.05) is 18.8 Å². The van der Waals surface area contributed by atoms with E-state index in [1.165, 1.54) is 0 Å². The quantitative estimate of drug-likeness (QED) is 0.781. The van der Waals surface area contributed by atoms with Crippen LogP contribution in [0.4, 0.5) is 0 Å². The zero-order chi connectivity index (χ0) is 14.8. The van der Waals surface area contributed by atoms with Crippen molar-refractivity contribution in [2.45, 2.75) is 13.3 Å². The number of aromatic nitrogens is 1. The third kappa shape index (κ3) is 5.64. The first kappa shape index (κ1) is 16.5. The Balaban J connectivity index is 2.71. The molecule has 108 valence electrons. The summed E-state index contributed by atoms with van der Waals surface area (Å²) in [4.78, 5) is 16.1. The molecule has 0 aliphatic carbocycles. The number of pyridine rings is 1. The van der Waals surface area contributed by atoms with Gasteiger partial charge >= 0.3 is 0 Å². The SMILES string of the molecule is CSCC(C)CNC(=O)c1ccncc1C#CCCO. The van der Waals surface area contributed by atoms with Gasteiger partial charge in [0.15, 0.2) is 0 Å². The van der Waals surface area contributed by atoms with Gasteiger partial charge in [-0.2, -0.15) is 11.8 Å². The van der Waals surface area contributed by atoms with Gasteiger partial charge in [0.1, 0.15) is 0 Å². The molecule has 1 unspecified atom stereocenters. The molecule has 0 fully saturated rings. The predicted octanol–water partition coefficient (Wildman–Crippen LogP) is 1.54. The number of aliphatic hydroxyl groups excluding tert-OH is 1. The average Bonchev–Trinajstić information content (AvgIpc) is 2.46. The molecule has 0 radical (unpaired) electrons. The summed E-state index contributed by atoms with van der Waals surface area (Å²) in [6.45, 7) is 2.76. The average molecular weight is 292 g/mol. The van der Waals surface area contributed by atoms with Crippen LogP contribution < -0.4 is 5.32 Å². The van der Waals surface area contributed by atoms with Crippen LogP contribution in [-0.2, 0) is 0 Å². The van der Waals surface area contributed by atoms with Crippen LogP contribution in [0.5, 0.6) is 0 Å². The molecule has 0 saturated heterocycles. The van der Waals surface area contributed by atoms with E-state index in [9.17, 15) is 4.79 Å². The van der Waals surface area contributed by atoms with Gasteiger partial charge in [-0.3, -0.25) is 9.78 Å². The molecule has 1 rings (SSSR count). The van der Waals surface area contributed by atoms with Crippen LogP contribution in [0.15, 0.2) is 18.5 Å². The lowest BCUT2D eigenvalue weighted by atomic mass is 10.1. The molecule has 2 N–H and O–H groups in total. The standard InChI is InChI=1S/C15H20N2O2S/c1-12(11-20-2)9-17-15(19)14-6-7-16-10-13(14)5-3-4-8-18/h6-7,10,12,18H,4,8-9,11H2,1-2H3,(H,17,19). The summed E-state index contributed by atoms with van der Waals surface area (Å²) in [6, 6.07) is 1.66. The summed E-state index contributed by atoms with van der Waals surface area (Å²) in [5.74, 6) is 6.99. The first-order chi connectivity index (χ1) is 9.69. The molecule has 1 heterocycles.